The first-order chi connectivity index (χ1) is 12.8. The Kier molecular flexibility index (Phi) is 4.67. The van der Waals surface area contributed by atoms with Gasteiger partial charge in [0.15, 0.2) is 0 Å². The van der Waals surface area contributed by atoms with Gasteiger partial charge < -0.3 is 9.94 Å². The van der Waals surface area contributed by atoms with Gasteiger partial charge in [0.2, 0.25) is 0 Å². The molecule has 0 unspecified atom stereocenters. The molecule has 0 heterocycles. The zero-order valence-electron chi connectivity index (χ0n) is 17.3. The second-order valence-electron chi connectivity index (χ2n) is 10.2. The van der Waals surface area contributed by atoms with Gasteiger partial charge in [-0.3, -0.25) is 4.79 Å². The number of carbonyl (C=O) groups excluding carboxylic acids is 1. The second-order valence-corrected chi connectivity index (χ2v) is 10.2. The number of fused-ring (bicyclic) bond motifs is 5. The Hall–Kier alpha value is -1.32. The fraction of sp³-hybridized carbons (Fsp3) is 0.826. The lowest BCUT2D eigenvalue weighted by Gasteiger charge is -2.60. The highest BCUT2D eigenvalue weighted by Crippen LogP contribution is 2.66. The molecule has 0 bridgehead atoms. The summed E-state index contributed by atoms with van der Waals surface area (Å²) in [5.41, 5.74) is 2.67. The average Bonchev–Trinajstić information content (AvgIpc) is 2.98. The Morgan fingerprint density at radius 3 is 2.63 bits per heavy atom. The molecule has 0 radical (unpaired) electrons. The molecule has 0 spiro atoms. The summed E-state index contributed by atoms with van der Waals surface area (Å²) in [5.74, 6) is 2.81. The lowest BCUT2D eigenvalue weighted by Crippen LogP contribution is -2.54. The van der Waals surface area contributed by atoms with Gasteiger partial charge in [-0.1, -0.05) is 25.1 Å². The van der Waals surface area contributed by atoms with Crippen molar-refractivity contribution in [3.63, 3.8) is 0 Å². The fourth-order valence-electron chi connectivity index (χ4n) is 7.74. The fourth-order valence-corrected chi connectivity index (χ4v) is 7.74. The van der Waals surface area contributed by atoms with Crippen molar-refractivity contribution in [1.82, 2.24) is 0 Å². The van der Waals surface area contributed by atoms with Gasteiger partial charge in [0.1, 0.15) is 6.10 Å². The lowest BCUT2D eigenvalue weighted by molar-refractivity contribution is -0.158. The predicted octanol–water partition coefficient (Wildman–Crippen LogP) is 5.35. The van der Waals surface area contributed by atoms with Crippen molar-refractivity contribution in [2.24, 2.45) is 39.7 Å². The zero-order valence-corrected chi connectivity index (χ0v) is 17.3. The summed E-state index contributed by atoms with van der Waals surface area (Å²) >= 11 is 0. The molecule has 27 heavy (non-hydrogen) atoms. The quantitative estimate of drug-likeness (QED) is 0.307. The number of rotatable bonds is 2. The summed E-state index contributed by atoms with van der Waals surface area (Å²) in [6, 6.07) is 0. The normalized spacial score (nSPS) is 46.7. The van der Waals surface area contributed by atoms with Gasteiger partial charge in [-0.25, -0.2) is 0 Å². The highest BCUT2D eigenvalue weighted by molar-refractivity contribution is 5.99. The molecule has 1 N–H and O–H groups in total. The number of allylic oxidation sites excluding steroid dienone is 2. The van der Waals surface area contributed by atoms with Crippen LogP contribution in [0.3, 0.4) is 0 Å². The van der Waals surface area contributed by atoms with E-state index in [2.05, 4.69) is 25.1 Å². The Morgan fingerprint density at radius 2 is 1.93 bits per heavy atom. The number of oxime groups is 1. The second kappa shape index (κ2) is 6.63. The molecule has 0 amide bonds. The minimum absolute atomic E-state index is 0.129. The van der Waals surface area contributed by atoms with Gasteiger partial charge in [-0.15, -0.1) is 0 Å². The molecule has 4 aliphatic rings. The van der Waals surface area contributed by atoms with Gasteiger partial charge in [0.05, 0.1) is 5.71 Å². The van der Waals surface area contributed by atoms with E-state index in [4.69, 9.17) is 4.74 Å². The van der Waals surface area contributed by atoms with Crippen molar-refractivity contribution >= 4 is 11.7 Å². The van der Waals surface area contributed by atoms with Gasteiger partial charge >= 0.3 is 5.97 Å². The maximum Gasteiger partial charge on any atom is 0.302 e. The summed E-state index contributed by atoms with van der Waals surface area (Å²) in [7, 11) is 0. The van der Waals surface area contributed by atoms with Crippen molar-refractivity contribution in [3.05, 3.63) is 11.6 Å². The van der Waals surface area contributed by atoms with Crippen molar-refractivity contribution in [2.45, 2.75) is 85.2 Å². The minimum atomic E-state index is -0.129. The van der Waals surface area contributed by atoms with Crippen LogP contribution in [0.2, 0.25) is 0 Å². The number of nitrogens with zero attached hydrogens (tertiary/aromatic N) is 1. The highest BCUT2D eigenvalue weighted by Gasteiger charge is 2.59. The Balaban J connectivity index is 1.54. The molecular weight excluding hydrogens is 338 g/mol. The third-order valence-corrected chi connectivity index (χ3v) is 9.07. The molecule has 0 aromatic rings. The van der Waals surface area contributed by atoms with Gasteiger partial charge in [-0.2, -0.15) is 0 Å². The van der Waals surface area contributed by atoms with E-state index in [0.717, 1.165) is 36.8 Å². The average molecular weight is 374 g/mol. The molecule has 150 valence electrons. The van der Waals surface area contributed by atoms with Crippen LogP contribution >= 0.6 is 0 Å². The molecule has 4 aliphatic carbocycles. The maximum atomic E-state index is 11.4. The standard InChI is InChI=1S/C23H35NO3/c1-14(24-26)19-7-8-20-18-6-5-16-13-17(27-15(2)25)9-11-22(16,3)21(18)10-12-23(19,20)4/h7,16-18,20-21,26H,5-6,8-13H2,1-4H3/b24-14+/t16-,17+,18-,20+,21+,22-,23+/m0/s1. The van der Waals surface area contributed by atoms with Gasteiger partial charge in [0, 0.05) is 6.92 Å². The largest absolute Gasteiger partial charge is 0.463 e. The molecule has 3 fully saturated rings. The van der Waals surface area contributed by atoms with Crippen LogP contribution in [0, 0.1) is 34.5 Å². The molecule has 3 saturated carbocycles. The van der Waals surface area contributed by atoms with Crippen LogP contribution in [0.25, 0.3) is 0 Å². The molecule has 0 aromatic carbocycles. The smallest absolute Gasteiger partial charge is 0.302 e. The summed E-state index contributed by atoms with van der Waals surface area (Å²) < 4.78 is 5.58. The number of hydrogen-bond acceptors (Lipinski definition) is 4. The van der Waals surface area contributed by atoms with Crippen molar-refractivity contribution in [1.29, 1.82) is 0 Å². The van der Waals surface area contributed by atoms with Crippen LogP contribution in [0.5, 0.6) is 0 Å². The molecular formula is C23H35NO3. The summed E-state index contributed by atoms with van der Waals surface area (Å²) in [4.78, 5) is 11.4. The first-order valence-electron chi connectivity index (χ1n) is 10.9. The number of esters is 1. The first kappa shape index (κ1) is 19.0. The number of hydrogen-bond donors (Lipinski definition) is 1. The van der Waals surface area contributed by atoms with Crippen LogP contribution in [-0.2, 0) is 9.53 Å². The molecule has 7 atom stereocenters. The van der Waals surface area contributed by atoms with Crippen molar-refractivity contribution < 1.29 is 14.7 Å². The minimum Gasteiger partial charge on any atom is -0.463 e. The van der Waals surface area contributed by atoms with E-state index >= 15 is 0 Å². The Morgan fingerprint density at radius 1 is 1.15 bits per heavy atom. The molecule has 0 aromatic heterocycles. The summed E-state index contributed by atoms with van der Waals surface area (Å²) in [5, 5.41) is 12.9. The van der Waals surface area contributed by atoms with Crippen LogP contribution in [0.4, 0.5) is 0 Å². The van der Waals surface area contributed by atoms with Crippen LogP contribution in [-0.4, -0.2) is 23.0 Å². The van der Waals surface area contributed by atoms with E-state index < -0.39 is 0 Å². The topological polar surface area (TPSA) is 58.9 Å². The third-order valence-electron chi connectivity index (χ3n) is 9.07. The van der Waals surface area contributed by atoms with E-state index in [-0.39, 0.29) is 17.5 Å². The van der Waals surface area contributed by atoms with E-state index in [1.807, 2.05) is 6.92 Å². The third kappa shape index (κ3) is 2.86. The first-order valence-corrected chi connectivity index (χ1v) is 10.9. The zero-order chi connectivity index (χ0) is 19.4. The van der Waals surface area contributed by atoms with Crippen LogP contribution in [0.15, 0.2) is 16.8 Å². The van der Waals surface area contributed by atoms with Crippen molar-refractivity contribution in [3.8, 4) is 0 Å². The Bertz CT molecular complexity index is 683. The van der Waals surface area contributed by atoms with E-state index in [9.17, 15) is 10.0 Å². The number of carbonyl (C=O) groups is 1. The molecule has 4 heteroatoms. The Labute approximate surface area is 163 Å². The van der Waals surface area contributed by atoms with Crippen LogP contribution < -0.4 is 0 Å². The van der Waals surface area contributed by atoms with Crippen molar-refractivity contribution in [2.75, 3.05) is 0 Å². The molecule has 0 aliphatic heterocycles. The number of ether oxygens (including phenoxy) is 1. The molecule has 0 saturated heterocycles. The van der Waals surface area contributed by atoms with E-state index in [1.54, 1.807) is 0 Å². The molecule has 4 nitrogen and oxygen atoms in total. The maximum absolute atomic E-state index is 11.4. The van der Waals surface area contributed by atoms with E-state index in [0.29, 0.717) is 17.3 Å². The van der Waals surface area contributed by atoms with Gasteiger partial charge in [-0.05, 0) is 98.4 Å². The monoisotopic (exact) mass is 373 g/mol. The SMILES string of the molecule is CC(=O)O[C@@H]1CC[C@@]2(C)[C@@H](CC[C@@H]3[C@H]2CC[C@]2(C)C(/C(C)=N/O)=CC[C@H]32)C1. The molecule has 4 rings (SSSR count). The van der Waals surface area contributed by atoms with Gasteiger partial charge in [0.25, 0.3) is 0 Å². The summed E-state index contributed by atoms with van der Waals surface area (Å²) in [6.07, 6.45) is 11.9. The lowest BCUT2D eigenvalue weighted by atomic mass is 9.44. The predicted molar refractivity (Wildman–Crippen MR) is 106 cm³/mol. The summed E-state index contributed by atoms with van der Waals surface area (Å²) in [6.45, 7) is 8.42. The van der Waals surface area contributed by atoms with E-state index in [1.165, 1.54) is 44.6 Å². The van der Waals surface area contributed by atoms with Crippen LogP contribution in [0.1, 0.15) is 79.1 Å². The highest BCUT2D eigenvalue weighted by atomic mass is 16.5.